The highest BCUT2D eigenvalue weighted by atomic mass is 16.6. The fraction of sp³-hybridized carbons (Fsp3) is 0.400. The monoisotopic (exact) mass is 340 g/mol. The van der Waals surface area contributed by atoms with E-state index in [0.29, 0.717) is 13.2 Å². The Balaban J connectivity index is 1.48. The van der Waals surface area contributed by atoms with Crippen LogP contribution in [0, 0.1) is 0 Å². The van der Waals surface area contributed by atoms with Gasteiger partial charge in [0.25, 0.3) is 0 Å². The Morgan fingerprint density at radius 3 is 2.56 bits per heavy atom. The molecule has 2 aromatic carbocycles. The molecule has 1 atom stereocenters. The summed E-state index contributed by atoms with van der Waals surface area (Å²) < 4.78 is 16.7. The van der Waals surface area contributed by atoms with Crippen LogP contribution in [0.4, 0.5) is 11.4 Å². The molecule has 132 valence electrons. The highest BCUT2D eigenvalue weighted by Gasteiger charge is 2.15. The van der Waals surface area contributed by atoms with Crippen molar-refractivity contribution >= 4 is 11.4 Å². The number of nitrogens with zero attached hydrogens (tertiary/aromatic N) is 1. The molecule has 0 aliphatic carbocycles. The van der Waals surface area contributed by atoms with Crippen molar-refractivity contribution < 1.29 is 14.2 Å². The second kappa shape index (κ2) is 7.23. The summed E-state index contributed by atoms with van der Waals surface area (Å²) in [6, 6.07) is 14.9. The normalized spacial score (nSPS) is 17.9. The lowest BCUT2D eigenvalue weighted by molar-refractivity contribution is 0.122. The molecule has 0 aromatic heterocycles. The molecule has 5 heteroatoms. The zero-order valence-electron chi connectivity index (χ0n) is 14.5. The molecule has 1 fully saturated rings. The van der Waals surface area contributed by atoms with Crippen LogP contribution in [0.5, 0.6) is 11.5 Å². The molecule has 0 radical (unpaired) electrons. The van der Waals surface area contributed by atoms with Crippen LogP contribution in [-0.4, -0.2) is 39.5 Å². The average molecular weight is 340 g/mol. The fourth-order valence-corrected chi connectivity index (χ4v) is 3.28. The van der Waals surface area contributed by atoms with Crippen LogP contribution in [0.15, 0.2) is 42.5 Å². The highest BCUT2D eigenvalue weighted by molar-refractivity contribution is 5.59. The minimum absolute atomic E-state index is 0.177. The third-order valence-electron chi connectivity index (χ3n) is 4.67. The fourth-order valence-electron chi connectivity index (χ4n) is 3.28. The maximum atomic E-state index is 5.69. The quantitative estimate of drug-likeness (QED) is 0.923. The topological polar surface area (TPSA) is 43.0 Å². The van der Waals surface area contributed by atoms with Crippen molar-refractivity contribution in [3.8, 4) is 11.5 Å². The van der Waals surface area contributed by atoms with E-state index in [9.17, 15) is 0 Å². The van der Waals surface area contributed by atoms with E-state index in [1.165, 1.54) is 11.3 Å². The summed E-state index contributed by atoms with van der Waals surface area (Å²) >= 11 is 0. The molecule has 0 spiro atoms. The smallest absolute Gasteiger partial charge is 0.161 e. The van der Waals surface area contributed by atoms with Gasteiger partial charge in [0, 0.05) is 30.5 Å². The van der Waals surface area contributed by atoms with Gasteiger partial charge in [-0.15, -0.1) is 0 Å². The van der Waals surface area contributed by atoms with Gasteiger partial charge in [-0.25, -0.2) is 0 Å². The third kappa shape index (κ3) is 3.66. The van der Waals surface area contributed by atoms with E-state index >= 15 is 0 Å². The van der Waals surface area contributed by atoms with Gasteiger partial charge in [0.05, 0.1) is 13.2 Å². The van der Waals surface area contributed by atoms with Gasteiger partial charge in [0.2, 0.25) is 0 Å². The molecule has 2 aromatic rings. The van der Waals surface area contributed by atoms with E-state index in [4.69, 9.17) is 14.2 Å². The summed E-state index contributed by atoms with van der Waals surface area (Å²) in [6.45, 7) is 6.88. The first kappa shape index (κ1) is 16.1. The Morgan fingerprint density at radius 1 is 0.920 bits per heavy atom. The van der Waals surface area contributed by atoms with Crippen molar-refractivity contribution in [1.29, 1.82) is 0 Å². The molecule has 0 amide bonds. The molecule has 0 saturated carbocycles. The van der Waals surface area contributed by atoms with E-state index in [2.05, 4.69) is 53.5 Å². The number of benzene rings is 2. The van der Waals surface area contributed by atoms with Crippen molar-refractivity contribution in [2.24, 2.45) is 0 Å². The van der Waals surface area contributed by atoms with Crippen LogP contribution >= 0.6 is 0 Å². The molecule has 1 N–H and O–H groups in total. The highest BCUT2D eigenvalue weighted by Crippen LogP contribution is 2.33. The number of hydrogen-bond acceptors (Lipinski definition) is 5. The maximum Gasteiger partial charge on any atom is 0.161 e. The Bertz CT molecular complexity index is 729. The average Bonchev–Trinajstić information content (AvgIpc) is 2.68. The number of nitrogens with one attached hydrogen (secondary N) is 1. The Kier molecular flexibility index (Phi) is 4.65. The predicted molar refractivity (Wildman–Crippen MR) is 98.9 cm³/mol. The predicted octanol–water partition coefficient (Wildman–Crippen LogP) is 3.47. The van der Waals surface area contributed by atoms with Crippen LogP contribution in [-0.2, 0) is 4.74 Å². The molecule has 2 aliphatic rings. The van der Waals surface area contributed by atoms with Crippen LogP contribution in [0.1, 0.15) is 18.5 Å². The molecule has 5 nitrogen and oxygen atoms in total. The van der Waals surface area contributed by atoms with Crippen molar-refractivity contribution in [1.82, 2.24) is 0 Å². The molecular weight excluding hydrogens is 316 g/mol. The van der Waals surface area contributed by atoms with Crippen LogP contribution < -0.4 is 19.7 Å². The molecule has 25 heavy (non-hydrogen) atoms. The van der Waals surface area contributed by atoms with Crippen molar-refractivity contribution in [2.45, 2.75) is 13.0 Å². The second-order valence-electron chi connectivity index (χ2n) is 6.42. The number of fused-ring (bicyclic) bond motifs is 1. The first-order valence-electron chi connectivity index (χ1n) is 8.88. The van der Waals surface area contributed by atoms with Crippen LogP contribution in [0.3, 0.4) is 0 Å². The van der Waals surface area contributed by atoms with Gasteiger partial charge < -0.3 is 24.4 Å². The number of rotatable bonds is 4. The summed E-state index contributed by atoms with van der Waals surface area (Å²) in [5.74, 6) is 1.66. The molecular formula is C20H24N2O3. The Hall–Kier alpha value is -2.40. The largest absolute Gasteiger partial charge is 0.486 e. The number of hydrogen-bond donors (Lipinski definition) is 1. The number of anilines is 2. The Labute approximate surface area is 148 Å². The van der Waals surface area contributed by atoms with E-state index in [1.54, 1.807) is 0 Å². The van der Waals surface area contributed by atoms with Gasteiger partial charge >= 0.3 is 0 Å². The summed E-state index contributed by atoms with van der Waals surface area (Å²) in [4.78, 5) is 2.36. The lowest BCUT2D eigenvalue weighted by Gasteiger charge is -2.29. The van der Waals surface area contributed by atoms with Crippen molar-refractivity contribution in [3.63, 3.8) is 0 Å². The molecule has 2 heterocycles. The number of ether oxygens (including phenoxy) is 3. The molecule has 4 rings (SSSR count). The molecule has 0 bridgehead atoms. The van der Waals surface area contributed by atoms with Crippen LogP contribution in [0.25, 0.3) is 0 Å². The summed E-state index contributed by atoms with van der Waals surface area (Å²) in [7, 11) is 0. The zero-order valence-corrected chi connectivity index (χ0v) is 14.5. The minimum atomic E-state index is 0.177. The molecule has 1 unspecified atom stereocenters. The Morgan fingerprint density at radius 2 is 1.72 bits per heavy atom. The van der Waals surface area contributed by atoms with Crippen LogP contribution in [0.2, 0.25) is 0 Å². The van der Waals surface area contributed by atoms with Gasteiger partial charge in [-0.3, -0.25) is 0 Å². The third-order valence-corrected chi connectivity index (χ3v) is 4.67. The SMILES string of the molecule is CC(Nc1cccc(N2CCOCC2)c1)c1ccc2c(c1)OCCO2. The van der Waals surface area contributed by atoms with Crippen molar-refractivity contribution in [3.05, 3.63) is 48.0 Å². The first-order valence-corrected chi connectivity index (χ1v) is 8.88. The first-order chi connectivity index (χ1) is 12.3. The lowest BCUT2D eigenvalue weighted by atomic mass is 10.1. The van der Waals surface area contributed by atoms with Crippen molar-refractivity contribution in [2.75, 3.05) is 49.7 Å². The van der Waals surface area contributed by atoms with Gasteiger partial charge in [0.1, 0.15) is 13.2 Å². The minimum Gasteiger partial charge on any atom is -0.486 e. The van der Waals surface area contributed by atoms with Gasteiger partial charge in [-0.05, 0) is 42.8 Å². The summed E-state index contributed by atoms with van der Waals surface area (Å²) in [5.41, 5.74) is 3.54. The summed E-state index contributed by atoms with van der Waals surface area (Å²) in [6.07, 6.45) is 0. The van der Waals surface area contributed by atoms with Gasteiger partial charge in [-0.1, -0.05) is 12.1 Å². The van der Waals surface area contributed by atoms with Gasteiger partial charge in [-0.2, -0.15) is 0 Å². The lowest BCUT2D eigenvalue weighted by Crippen LogP contribution is -2.36. The van der Waals surface area contributed by atoms with E-state index in [-0.39, 0.29) is 6.04 Å². The van der Waals surface area contributed by atoms with E-state index in [0.717, 1.165) is 43.5 Å². The van der Waals surface area contributed by atoms with E-state index in [1.807, 2.05) is 6.07 Å². The molecule has 1 saturated heterocycles. The molecule has 2 aliphatic heterocycles. The standard InChI is InChI=1S/C20H24N2O3/c1-15(16-5-6-19-20(13-16)25-12-11-24-19)21-17-3-2-4-18(14-17)22-7-9-23-10-8-22/h2-6,13-15,21H,7-12H2,1H3. The zero-order chi connectivity index (χ0) is 17.1. The van der Waals surface area contributed by atoms with Gasteiger partial charge in [0.15, 0.2) is 11.5 Å². The summed E-state index contributed by atoms with van der Waals surface area (Å²) in [5, 5.41) is 3.59. The maximum absolute atomic E-state index is 5.69. The number of morpholine rings is 1. The second-order valence-corrected chi connectivity index (χ2v) is 6.42. The van der Waals surface area contributed by atoms with E-state index < -0.39 is 0 Å².